The van der Waals surface area contributed by atoms with Crippen molar-refractivity contribution in [2.24, 2.45) is 46.3 Å². The predicted molar refractivity (Wildman–Crippen MR) is 125 cm³/mol. The Hall–Kier alpha value is -1.38. The Morgan fingerprint density at radius 1 is 1.10 bits per heavy atom. The second-order valence-corrected chi connectivity index (χ2v) is 12.2. The highest BCUT2D eigenvalue weighted by Crippen LogP contribution is 2.67. The maximum absolute atomic E-state index is 13.2. The minimum Gasteiger partial charge on any atom is -0.515 e. The number of aliphatic hydroxyl groups is 1. The lowest BCUT2D eigenvalue weighted by Crippen LogP contribution is -2.53. The molecule has 4 aliphatic carbocycles. The van der Waals surface area contributed by atoms with E-state index in [0.717, 1.165) is 36.0 Å². The third-order valence-electron chi connectivity index (χ3n) is 10.1. The van der Waals surface area contributed by atoms with Gasteiger partial charge < -0.3 is 5.11 Å². The maximum atomic E-state index is 13.2. The van der Waals surface area contributed by atoms with Crippen LogP contribution in [0.4, 0.5) is 0 Å². The average molecular weight is 427 g/mol. The van der Waals surface area contributed by atoms with Crippen molar-refractivity contribution in [3.05, 3.63) is 23.5 Å². The number of aliphatic hydroxyl groups excluding tert-OH is 1. The van der Waals surface area contributed by atoms with Crippen LogP contribution >= 0.6 is 0 Å². The Morgan fingerprint density at radius 3 is 2.52 bits per heavy atom. The molecule has 0 aromatic rings. The van der Waals surface area contributed by atoms with E-state index in [4.69, 9.17) is 0 Å². The summed E-state index contributed by atoms with van der Waals surface area (Å²) in [5, 5.41) is 9.62. The van der Waals surface area contributed by atoms with Crippen LogP contribution in [-0.4, -0.2) is 16.7 Å². The molecule has 172 valence electrons. The number of Topliss-reactive ketones (excluding diaryl/α,β-unsaturated/α-hetero) is 1. The van der Waals surface area contributed by atoms with Gasteiger partial charge in [-0.25, -0.2) is 0 Å². The molecular weight excluding hydrogens is 384 g/mol. The molecule has 0 bridgehead atoms. The van der Waals surface area contributed by atoms with Crippen LogP contribution in [0.3, 0.4) is 0 Å². The summed E-state index contributed by atoms with van der Waals surface area (Å²) >= 11 is 0. The van der Waals surface area contributed by atoms with Gasteiger partial charge in [0, 0.05) is 23.0 Å². The molecule has 3 saturated carbocycles. The highest BCUT2D eigenvalue weighted by atomic mass is 16.2. The van der Waals surface area contributed by atoms with Crippen LogP contribution in [0.25, 0.3) is 0 Å². The first-order valence-corrected chi connectivity index (χ1v) is 12.7. The van der Waals surface area contributed by atoms with Crippen molar-refractivity contribution in [1.82, 2.24) is 0 Å². The molecule has 0 aromatic carbocycles. The van der Waals surface area contributed by atoms with Crippen LogP contribution in [0.5, 0.6) is 0 Å². The van der Waals surface area contributed by atoms with E-state index in [2.05, 4.69) is 34.6 Å². The van der Waals surface area contributed by atoms with Gasteiger partial charge in [0.2, 0.25) is 0 Å². The van der Waals surface area contributed by atoms with Crippen molar-refractivity contribution in [3.63, 3.8) is 0 Å². The summed E-state index contributed by atoms with van der Waals surface area (Å²) in [6.07, 6.45) is 12.6. The minimum absolute atomic E-state index is 0.182. The molecule has 0 heterocycles. The molecule has 3 heteroatoms. The third kappa shape index (κ3) is 3.64. The van der Waals surface area contributed by atoms with E-state index in [1.165, 1.54) is 38.5 Å². The van der Waals surface area contributed by atoms with Crippen LogP contribution in [0, 0.1) is 46.3 Å². The van der Waals surface area contributed by atoms with Crippen LogP contribution in [-0.2, 0) is 9.59 Å². The Bertz CT molecular complexity index is 805. The van der Waals surface area contributed by atoms with E-state index in [1.807, 2.05) is 0 Å². The highest BCUT2D eigenvalue weighted by Gasteiger charge is 2.61. The van der Waals surface area contributed by atoms with Gasteiger partial charge in [-0.2, -0.15) is 0 Å². The van der Waals surface area contributed by atoms with E-state index in [-0.39, 0.29) is 17.0 Å². The quantitative estimate of drug-likeness (QED) is 0.387. The maximum Gasteiger partial charge on any atom is 0.185 e. The van der Waals surface area contributed by atoms with Gasteiger partial charge in [0.05, 0.1) is 6.26 Å². The van der Waals surface area contributed by atoms with Gasteiger partial charge in [0.1, 0.15) is 0 Å². The van der Waals surface area contributed by atoms with Crippen molar-refractivity contribution < 1.29 is 14.7 Å². The zero-order valence-electron chi connectivity index (χ0n) is 20.2. The Labute approximate surface area is 188 Å². The number of allylic oxidation sites excluding steroid dienone is 2. The lowest BCUT2D eigenvalue weighted by atomic mass is 9.46. The molecule has 31 heavy (non-hydrogen) atoms. The Kier molecular flexibility index (Phi) is 6.03. The van der Waals surface area contributed by atoms with Gasteiger partial charge in [-0.1, -0.05) is 53.9 Å². The first-order valence-electron chi connectivity index (χ1n) is 12.7. The molecule has 1 N–H and O–H groups in total. The largest absolute Gasteiger partial charge is 0.515 e. The van der Waals surface area contributed by atoms with Gasteiger partial charge >= 0.3 is 0 Å². The molecule has 0 unspecified atom stereocenters. The lowest BCUT2D eigenvalue weighted by Gasteiger charge is -2.58. The zero-order valence-corrected chi connectivity index (χ0v) is 20.2. The van der Waals surface area contributed by atoms with Gasteiger partial charge in [-0.15, -0.1) is 0 Å². The van der Waals surface area contributed by atoms with Crippen LogP contribution in [0.2, 0.25) is 0 Å². The summed E-state index contributed by atoms with van der Waals surface area (Å²) in [7, 11) is 0. The van der Waals surface area contributed by atoms with E-state index < -0.39 is 0 Å². The van der Waals surface area contributed by atoms with E-state index in [9.17, 15) is 14.7 Å². The van der Waals surface area contributed by atoms with Crippen molar-refractivity contribution in [2.75, 3.05) is 0 Å². The van der Waals surface area contributed by atoms with Gasteiger partial charge in [-0.3, -0.25) is 9.59 Å². The molecule has 4 rings (SSSR count). The SMILES string of the molecule is CC(C)CCC[C@@H](C)[C@H]1CC[C@H]2[C@@H]3CC(=O)C4=CC(=O)/C(=C\O)C[C@]4(C)[C@H]3CC[C@]12C. The second kappa shape index (κ2) is 8.19. The molecule has 3 nitrogen and oxygen atoms in total. The monoisotopic (exact) mass is 426 g/mol. The minimum atomic E-state index is -0.301. The Balaban J connectivity index is 1.57. The first kappa shape index (κ1) is 22.8. The van der Waals surface area contributed by atoms with Crippen molar-refractivity contribution in [3.8, 4) is 0 Å². The number of carbonyl (C=O) groups excluding carboxylic acids is 2. The summed E-state index contributed by atoms with van der Waals surface area (Å²) in [4.78, 5) is 25.6. The molecular formula is C28H42O3. The van der Waals surface area contributed by atoms with Gasteiger partial charge in [-0.05, 0) is 79.1 Å². The fraction of sp³-hybridized carbons (Fsp3) is 0.786. The fourth-order valence-corrected chi connectivity index (χ4v) is 8.52. The summed E-state index contributed by atoms with van der Waals surface area (Å²) in [5.41, 5.74) is 1.25. The molecule has 7 atom stereocenters. The van der Waals surface area contributed by atoms with E-state index >= 15 is 0 Å². The third-order valence-corrected chi connectivity index (χ3v) is 10.1. The molecule has 0 radical (unpaired) electrons. The van der Waals surface area contributed by atoms with Crippen molar-refractivity contribution in [1.29, 1.82) is 0 Å². The number of hydrogen-bond acceptors (Lipinski definition) is 3. The summed E-state index contributed by atoms with van der Waals surface area (Å²) < 4.78 is 0. The lowest BCUT2D eigenvalue weighted by molar-refractivity contribution is -0.130. The van der Waals surface area contributed by atoms with E-state index in [1.54, 1.807) is 6.08 Å². The normalized spacial score (nSPS) is 42.3. The van der Waals surface area contributed by atoms with Crippen LogP contribution < -0.4 is 0 Å². The molecule has 0 aromatic heterocycles. The van der Waals surface area contributed by atoms with Crippen LogP contribution in [0.15, 0.2) is 23.5 Å². The number of fused-ring (bicyclic) bond motifs is 5. The molecule has 0 aliphatic heterocycles. The summed E-state index contributed by atoms with van der Waals surface area (Å²) in [6, 6.07) is 0. The average Bonchev–Trinajstić information content (AvgIpc) is 3.06. The summed E-state index contributed by atoms with van der Waals surface area (Å²) in [6.45, 7) is 11.8. The number of hydrogen-bond donors (Lipinski definition) is 1. The van der Waals surface area contributed by atoms with Crippen molar-refractivity contribution >= 4 is 11.6 Å². The number of carbonyl (C=O) groups is 2. The summed E-state index contributed by atoms with van der Waals surface area (Å²) in [5.74, 6) is 3.79. The fourth-order valence-electron chi connectivity index (χ4n) is 8.52. The first-order chi connectivity index (χ1) is 14.6. The molecule has 0 amide bonds. The topological polar surface area (TPSA) is 54.4 Å². The van der Waals surface area contributed by atoms with Gasteiger partial charge in [0.25, 0.3) is 0 Å². The smallest absolute Gasteiger partial charge is 0.185 e. The standard InChI is InChI=1S/C28H42O3/c1-17(2)7-6-8-18(3)21-9-10-22-20-13-26(31)24-14-25(30)19(16-29)15-28(24,5)23(20)11-12-27(21,22)4/h14,16-18,20-23,29H,6-13,15H2,1-5H3/b19-16-/t18-,20+,21-,22+,23+,27-,28-/m1/s1. The predicted octanol–water partition coefficient (Wildman–Crippen LogP) is 6.83. The molecule has 4 aliphatic rings. The van der Waals surface area contributed by atoms with Crippen molar-refractivity contribution in [2.45, 2.75) is 92.4 Å². The highest BCUT2D eigenvalue weighted by molar-refractivity contribution is 6.12. The zero-order chi connectivity index (χ0) is 22.6. The second-order valence-electron chi connectivity index (χ2n) is 12.2. The number of rotatable bonds is 5. The molecule has 0 saturated heterocycles. The van der Waals surface area contributed by atoms with Crippen LogP contribution in [0.1, 0.15) is 92.4 Å². The Morgan fingerprint density at radius 2 is 1.84 bits per heavy atom. The van der Waals surface area contributed by atoms with Gasteiger partial charge in [0.15, 0.2) is 11.6 Å². The van der Waals surface area contributed by atoms with E-state index in [0.29, 0.717) is 41.6 Å². The molecule has 0 spiro atoms. The molecule has 3 fully saturated rings. The number of ketones is 2.